The summed E-state index contributed by atoms with van der Waals surface area (Å²) in [5.74, 6) is -6.42. The zero-order valence-electron chi connectivity index (χ0n) is 20.0. The predicted octanol–water partition coefficient (Wildman–Crippen LogP) is 3.39. The third kappa shape index (κ3) is 4.65. The van der Waals surface area contributed by atoms with Crippen LogP contribution in [0.25, 0.3) is 10.9 Å². The van der Waals surface area contributed by atoms with Crippen molar-refractivity contribution in [2.75, 3.05) is 13.1 Å². The SMILES string of the molecule is Cn1nc(C2CCC(=O)NC2=O)c2cccc(OC3CCN(C(=O)C(F)(F)c4ccc(F)cc4)CC3)c21. The van der Waals surface area contributed by atoms with Crippen molar-refractivity contribution in [2.24, 2.45) is 7.05 Å². The lowest BCUT2D eigenvalue weighted by molar-refractivity contribution is -0.160. The van der Waals surface area contributed by atoms with Gasteiger partial charge in [-0.1, -0.05) is 12.1 Å². The van der Waals surface area contributed by atoms with Crippen LogP contribution >= 0.6 is 0 Å². The van der Waals surface area contributed by atoms with E-state index in [4.69, 9.17) is 4.74 Å². The number of benzene rings is 2. The van der Waals surface area contributed by atoms with Crippen LogP contribution in [-0.2, 0) is 27.4 Å². The minimum Gasteiger partial charge on any atom is -0.488 e. The minimum absolute atomic E-state index is 0.0865. The van der Waals surface area contributed by atoms with Crippen LogP contribution < -0.4 is 10.1 Å². The summed E-state index contributed by atoms with van der Waals surface area (Å²) >= 11 is 0. The summed E-state index contributed by atoms with van der Waals surface area (Å²) in [6.07, 6.45) is 0.987. The molecule has 2 aliphatic heterocycles. The largest absolute Gasteiger partial charge is 0.488 e. The van der Waals surface area contributed by atoms with Gasteiger partial charge in [-0.2, -0.15) is 13.9 Å². The zero-order valence-corrected chi connectivity index (χ0v) is 20.0. The van der Waals surface area contributed by atoms with Crippen molar-refractivity contribution >= 4 is 28.6 Å². The summed E-state index contributed by atoms with van der Waals surface area (Å²) in [5, 5.41) is 7.64. The number of likely N-dealkylation sites (tertiary alicyclic amines) is 1. The highest BCUT2D eigenvalue weighted by atomic mass is 19.3. The van der Waals surface area contributed by atoms with Gasteiger partial charge in [-0.15, -0.1) is 0 Å². The van der Waals surface area contributed by atoms with Crippen LogP contribution in [0.5, 0.6) is 5.75 Å². The molecule has 3 heterocycles. The van der Waals surface area contributed by atoms with Gasteiger partial charge in [0.15, 0.2) is 0 Å². The van der Waals surface area contributed by atoms with Crippen LogP contribution in [0.15, 0.2) is 42.5 Å². The lowest BCUT2D eigenvalue weighted by Crippen LogP contribution is -2.47. The molecule has 0 bridgehead atoms. The number of hydrogen-bond donors (Lipinski definition) is 1. The van der Waals surface area contributed by atoms with Crippen molar-refractivity contribution < 1.29 is 32.3 Å². The van der Waals surface area contributed by atoms with E-state index in [-0.39, 0.29) is 37.4 Å². The monoisotopic (exact) mass is 514 g/mol. The van der Waals surface area contributed by atoms with E-state index >= 15 is 0 Å². The number of alkyl halides is 2. The molecule has 1 atom stereocenters. The van der Waals surface area contributed by atoms with Crippen LogP contribution in [-0.4, -0.2) is 51.6 Å². The number of carbonyl (C=O) groups excluding carboxylic acids is 3. The van der Waals surface area contributed by atoms with Crippen molar-refractivity contribution in [3.63, 3.8) is 0 Å². The van der Waals surface area contributed by atoms with Crippen molar-refractivity contribution in [3.8, 4) is 5.75 Å². The Hall–Kier alpha value is -3.89. The second kappa shape index (κ2) is 9.53. The number of para-hydroxylation sites is 1. The first-order valence-electron chi connectivity index (χ1n) is 12.0. The zero-order chi connectivity index (χ0) is 26.3. The number of carbonyl (C=O) groups is 3. The standard InChI is InChI=1S/C26H25F3N4O4/c1-32-23-18(22(31-32)19-9-10-21(34)30-24(19)35)3-2-4-20(23)37-17-11-13-33(14-12-17)25(36)26(28,29)15-5-7-16(27)8-6-15/h2-8,17,19H,9-14H2,1H3,(H,30,34,35). The Bertz CT molecular complexity index is 1360. The molecule has 2 aromatic carbocycles. The van der Waals surface area contributed by atoms with Crippen LogP contribution in [0, 0.1) is 5.82 Å². The first-order valence-corrected chi connectivity index (χ1v) is 12.0. The Morgan fingerprint density at radius 1 is 1.08 bits per heavy atom. The maximum absolute atomic E-state index is 14.7. The highest BCUT2D eigenvalue weighted by Crippen LogP contribution is 2.36. The summed E-state index contributed by atoms with van der Waals surface area (Å²) in [7, 11) is 1.74. The van der Waals surface area contributed by atoms with E-state index in [9.17, 15) is 27.6 Å². The molecule has 1 aromatic heterocycles. The average Bonchev–Trinajstić information content (AvgIpc) is 3.21. The number of hydrogen-bond acceptors (Lipinski definition) is 5. The fraction of sp³-hybridized carbons (Fsp3) is 0.385. The van der Waals surface area contributed by atoms with E-state index < -0.39 is 29.1 Å². The first kappa shape index (κ1) is 24.8. The number of rotatable bonds is 5. The molecule has 1 unspecified atom stereocenters. The molecule has 11 heteroatoms. The van der Waals surface area contributed by atoms with Crippen molar-refractivity contribution in [2.45, 2.75) is 43.6 Å². The van der Waals surface area contributed by atoms with E-state index in [1.165, 1.54) is 0 Å². The molecule has 2 fully saturated rings. The molecule has 0 radical (unpaired) electrons. The summed E-state index contributed by atoms with van der Waals surface area (Å²) in [5.41, 5.74) is 0.701. The van der Waals surface area contributed by atoms with Gasteiger partial charge < -0.3 is 9.64 Å². The molecular weight excluding hydrogens is 489 g/mol. The average molecular weight is 515 g/mol. The summed E-state index contributed by atoms with van der Waals surface area (Å²) in [6, 6.07) is 9.05. The topological polar surface area (TPSA) is 93.5 Å². The van der Waals surface area contributed by atoms with Crippen LogP contribution in [0.3, 0.4) is 0 Å². The number of nitrogens with one attached hydrogen (secondary N) is 1. The maximum atomic E-state index is 14.7. The summed E-state index contributed by atoms with van der Waals surface area (Å²) in [6.45, 7) is 0.173. The molecule has 0 spiro atoms. The van der Waals surface area contributed by atoms with Crippen LogP contribution in [0.4, 0.5) is 13.2 Å². The number of ether oxygens (including phenoxy) is 1. The number of halogens is 3. The van der Waals surface area contributed by atoms with Crippen molar-refractivity contribution in [1.82, 2.24) is 20.0 Å². The van der Waals surface area contributed by atoms with E-state index in [1.54, 1.807) is 23.9 Å². The molecule has 3 amide bonds. The van der Waals surface area contributed by atoms with Gasteiger partial charge in [-0.3, -0.25) is 24.4 Å². The first-order chi connectivity index (χ1) is 17.6. The number of fused-ring (bicyclic) bond motifs is 1. The lowest BCUT2D eigenvalue weighted by Gasteiger charge is -2.34. The predicted molar refractivity (Wildman–Crippen MR) is 126 cm³/mol. The van der Waals surface area contributed by atoms with E-state index in [2.05, 4.69) is 10.4 Å². The normalized spacial score (nSPS) is 19.2. The molecule has 3 aromatic rings. The number of piperidine rings is 2. The van der Waals surface area contributed by atoms with Gasteiger partial charge in [0, 0.05) is 50.3 Å². The number of aryl methyl sites for hydroxylation is 1. The van der Waals surface area contributed by atoms with Gasteiger partial charge in [-0.25, -0.2) is 4.39 Å². The Morgan fingerprint density at radius 3 is 2.46 bits per heavy atom. The van der Waals surface area contributed by atoms with Gasteiger partial charge in [0.1, 0.15) is 23.2 Å². The van der Waals surface area contributed by atoms with Crippen molar-refractivity contribution in [3.05, 3.63) is 59.5 Å². The minimum atomic E-state index is -3.76. The lowest BCUT2D eigenvalue weighted by atomic mass is 9.93. The van der Waals surface area contributed by atoms with E-state index in [1.807, 2.05) is 6.07 Å². The number of aromatic nitrogens is 2. The highest BCUT2D eigenvalue weighted by Gasteiger charge is 2.45. The highest BCUT2D eigenvalue weighted by molar-refractivity contribution is 6.03. The molecule has 37 heavy (non-hydrogen) atoms. The van der Waals surface area contributed by atoms with Gasteiger partial charge >= 0.3 is 5.92 Å². The van der Waals surface area contributed by atoms with Gasteiger partial charge in [0.2, 0.25) is 11.8 Å². The van der Waals surface area contributed by atoms with E-state index in [0.29, 0.717) is 36.2 Å². The molecular formula is C26H25F3N4O4. The van der Waals surface area contributed by atoms with Crippen LogP contribution in [0.2, 0.25) is 0 Å². The third-order valence-electron chi connectivity index (χ3n) is 6.92. The Balaban J connectivity index is 1.28. The summed E-state index contributed by atoms with van der Waals surface area (Å²) < 4.78 is 50.4. The van der Waals surface area contributed by atoms with Crippen molar-refractivity contribution in [1.29, 1.82) is 0 Å². The molecule has 0 aliphatic carbocycles. The van der Waals surface area contributed by atoms with Gasteiger partial charge in [0.25, 0.3) is 5.91 Å². The van der Waals surface area contributed by atoms with E-state index in [0.717, 1.165) is 34.6 Å². The Kier molecular flexibility index (Phi) is 6.38. The Morgan fingerprint density at radius 2 is 1.78 bits per heavy atom. The fourth-order valence-corrected chi connectivity index (χ4v) is 4.97. The summed E-state index contributed by atoms with van der Waals surface area (Å²) in [4.78, 5) is 37.6. The maximum Gasteiger partial charge on any atom is 0.349 e. The molecule has 1 N–H and O–H groups in total. The fourth-order valence-electron chi connectivity index (χ4n) is 4.97. The molecule has 2 saturated heterocycles. The second-order valence-corrected chi connectivity index (χ2v) is 9.36. The number of nitrogens with zero attached hydrogens (tertiary/aromatic N) is 3. The molecule has 5 rings (SSSR count). The number of imide groups is 1. The van der Waals surface area contributed by atoms with Crippen LogP contribution in [0.1, 0.15) is 42.9 Å². The molecule has 194 valence electrons. The smallest absolute Gasteiger partial charge is 0.349 e. The number of amides is 3. The molecule has 0 saturated carbocycles. The second-order valence-electron chi connectivity index (χ2n) is 9.36. The third-order valence-corrected chi connectivity index (χ3v) is 6.92. The van der Waals surface area contributed by atoms with Gasteiger partial charge in [-0.05, 0) is 36.8 Å². The molecule has 8 nitrogen and oxygen atoms in total. The Labute approximate surface area is 210 Å². The van der Waals surface area contributed by atoms with Gasteiger partial charge in [0.05, 0.1) is 11.6 Å². The quantitative estimate of drug-likeness (QED) is 0.527. The molecule has 2 aliphatic rings.